The van der Waals surface area contributed by atoms with Gasteiger partial charge in [-0.3, -0.25) is 4.79 Å². The van der Waals surface area contributed by atoms with Crippen LogP contribution in [-0.2, 0) is 11.3 Å². The molecule has 0 radical (unpaired) electrons. The summed E-state index contributed by atoms with van der Waals surface area (Å²) in [6.07, 6.45) is 1.95. The zero-order valence-corrected chi connectivity index (χ0v) is 16.8. The molecular weight excluding hydrogens is 334 g/mol. The summed E-state index contributed by atoms with van der Waals surface area (Å²) in [5.74, 6) is 1.03. The van der Waals surface area contributed by atoms with E-state index in [2.05, 4.69) is 50.5 Å². The number of aryl methyl sites for hydroxylation is 2. The van der Waals surface area contributed by atoms with Gasteiger partial charge in [-0.25, -0.2) is 4.98 Å². The number of benzene rings is 2. The molecule has 0 N–H and O–H groups in total. The van der Waals surface area contributed by atoms with Crippen LogP contribution in [0, 0.1) is 13.8 Å². The highest BCUT2D eigenvalue weighted by Crippen LogP contribution is 2.28. The summed E-state index contributed by atoms with van der Waals surface area (Å²) in [6, 6.07) is 14.4. The van der Waals surface area contributed by atoms with Crippen LogP contribution in [0.2, 0.25) is 0 Å². The highest BCUT2D eigenvalue weighted by Gasteiger charge is 2.19. The van der Waals surface area contributed by atoms with Gasteiger partial charge in [0, 0.05) is 18.7 Å². The van der Waals surface area contributed by atoms with Crippen molar-refractivity contribution in [3.05, 3.63) is 53.6 Å². The number of para-hydroxylation sites is 2. The normalized spacial score (nSPS) is 11.1. The maximum Gasteiger partial charge on any atom is 0.242 e. The lowest BCUT2D eigenvalue weighted by Gasteiger charge is -2.22. The van der Waals surface area contributed by atoms with E-state index in [1.165, 1.54) is 11.1 Å². The molecule has 0 fully saturated rings. The number of nitrogens with zero attached hydrogens (tertiary/aromatic N) is 3. The first-order valence-corrected chi connectivity index (χ1v) is 9.85. The van der Waals surface area contributed by atoms with Gasteiger partial charge in [0.1, 0.15) is 12.4 Å². The van der Waals surface area contributed by atoms with E-state index in [4.69, 9.17) is 4.98 Å². The predicted molar refractivity (Wildman–Crippen MR) is 112 cm³/mol. The second-order valence-electron chi connectivity index (χ2n) is 7.21. The molecule has 2 aromatic carbocycles. The summed E-state index contributed by atoms with van der Waals surface area (Å²) < 4.78 is 2.08. The van der Waals surface area contributed by atoms with Crippen LogP contribution in [0.15, 0.2) is 42.5 Å². The van der Waals surface area contributed by atoms with Gasteiger partial charge in [-0.2, -0.15) is 0 Å². The fourth-order valence-corrected chi connectivity index (χ4v) is 3.64. The lowest BCUT2D eigenvalue weighted by Crippen LogP contribution is -2.35. The molecule has 3 rings (SSSR count). The molecule has 4 nitrogen and oxygen atoms in total. The quantitative estimate of drug-likeness (QED) is 0.594. The van der Waals surface area contributed by atoms with Gasteiger partial charge in [-0.1, -0.05) is 49.7 Å². The van der Waals surface area contributed by atoms with Crippen LogP contribution >= 0.6 is 0 Å². The van der Waals surface area contributed by atoms with Gasteiger partial charge in [0.05, 0.1) is 11.0 Å². The Morgan fingerprint density at radius 3 is 2.41 bits per heavy atom. The third-order valence-electron chi connectivity index (χ3n) is 4.91. The fraction of sp³-hybridized carbons (Fsp3) is 0.391. The summed E-state index contributed by atoms with van der Waals surface area (Å²) in [5, 5.41) is 0. The molecule has 0 unspecified atom stereocenters. The van der Waals surface area contributed by atoms with Gasteiger partial charge in [0.25, 0.3) is 0 Å². The Balaban J connectivity index is 2.06. The van der Waals surface area contributed by atoms with Crippen molar-refractivity contribution in [2.45, 2.75) is 47.1 Å². The Labute approximate surface area is 161 Å². The SMILES string of the molecule is CCCN(CCC)C(=O)Cn1c(-c2ccc(C)cc2C)nc2ccccc21. The zero-order chi connectivity index (χ0) is 19.4. The van der Waals surface area contributed by atoms with Gasteiger partial charge < -0.3 is 9.47 Å². The first-order chi connectivity index (χ1) is 13.0. The second-order valence-corrected chi connectivity index (χ2v) is 7.21. The smallest absolute Gasteiger partial charge is 0.242 e. The van der Waals surface area contributed by atoms with E-state index in [9.17, 15) is 4.79 Å². The van der Waals surface area contributed by atoms with E-state index >= 15 is 0 Å². The molecule has 0 aliphatic carbocycles. The highest BCUT2D eigenvalue weighted by molar-refractivity contribution is 5.85. The molecule has 0 aliphatic heterocycles. The van der Waals surface area contributed by atoms with Crippen LogP contribution in [-0.4, -0.2) is 33.4 Å². The Morgan fingerprint density at radius 1 is 1.04 bits per heavy atom. The van der Waals surface area contributed by atoms with E-state index in [-0.39, 0.29) is 5.91 Å². The topological polar surface area (TPSA) is 38.1 Å². The molecule has 0 aliphatic rings. The minimum absolute atomic E-state index is 0.160. The summed E-state index contributed by atoms with van der Waals surface area (Å²) in [4.78, 5) is 19.9. The molecule has 1 aromatic heterocycles. The molecule has 0 bridgehead atoms. The molecule has 4 heteroatoms. The van der Waals surface area contributed by atoms with Crippen LogP contribution in [0.3, 0.4) is 0 Å². The molecule has 142 valence electrons. The van der Waals surface area contributed by atoms with E-state index in [1.54, 1.807) is 0 Å². The van der Waals surface area contributed by atoms with Crippen LogP contribution in [0.25, 0.3) is 22.4 Å². The standard InChI is InChI=1S/C23H29N3O/c1-5-13-25(14-6-2)22(27)16-26-21-10-8-7-9-20(21)24-23(26)19-12-11-17(3)15-18(19)4/h7-12,15H,5-6,13-14,16H2,1-4H3. The van der Waals surface area contributed by atoms with E-state index in [0.29, 0.717) is 6.54 Å². The molecule has 3 aromatic rings. The maximum atomic E-state index is 13.0. The first kappa shape index (κ1) is 19.2. The van der Waals surface area contributed by atoms with Crippen molar-refractivity contribution in [1.29, 1.82) is 0 Å². The lowest BCUT2D eigenvalue weighted by atomic mass is 10.1. The molecule has 0 saturated carbocycles. The molecular formula is C23H29N3O. The average molecular weight is 364 g/mol. The third kappa shape index (κ3) is 4.05. The summed E-state index contributed by atoms with van der Waals surface area (Å²) in [7, 11) is 0. The summed E-state index contributed by atoms with van der Waals surface area (Å²) >= 11 is 0. The minimum atomic E-state index is 0.160. The Hall–Kier alpha value is -2.62. The van der Waals surface area contributed by atoms with Gasteiger partial charge >= 0.3 is 0 Å². The highest BCUT2D eigenvalue weighted by atomic mass is 16.2. The number of hydrogen-bond donors (Lipinski definition) is 0. The predicted octanol–water partition coefficient (Wildman–Crippen LogP) is 4.97. The number of rotatable bonds is 7. The monoisotopic (exact) mass is 363 g/mol. The van der Waals surface area contributed by atoms with E-state index in [1.807, 2.05) is 29.2 Å². The second kappa shape index (κ2) is 8.38. The van der Waals surface area contributed by atoms with Crippen LogP contribution in [0.4, 0.5) is 0 Å². The largest absolute Gasteiger partial charge is 0.341 e. The van der Waals surface area contributed by atoms with Crippen molar-refractivity contribution in [2.75, 3.05) is 13.1 Å². The number of carbonyl (C=O) groups is 1. The van der Waals surface area contributed by atoms with Gasteiger partial charge in [-0.05, 0) is 44.4 Å². The number of fused-ring (bicyclic) bond motifs is 1. The van der Waals surface area contributed by atoms with Crippen molar-refractivity contribution in [3.63, 3.8) is 0 Å². The number of carbonyl (C=O) groups excluding carboxylic acids is 1. The van der Waals surface area contributed by atoms with Crippen LogP contribution in [0.5, 0.6) is 0 Å². The van der Waals surface area contributed by atoms with Gasteiger partial charge in [0.2, 0.25) is 5.91 Å². The zero-order valence-electron chi connectivity index (χ0n) is 16.8. The number of aromatic nitrogens is 2. The van der Waals surface area contributed by atoms with Crippen LogP contribution in [0.1, 0.15) is 37.8 Å². The first-order valence-electron chi connectivity index (χ1n) is 9.85. The van der Waals surface area contributed by atoms with Crippen LogP contribution < -0.4 is 0 Å². The number of amides is 1. The van der Waals surface area contributed by atoms with Crippen molar-refractivity contribution in [3.8, 4) is 11.4 Å². The molecule has 0 atom stereocenters. The summed E-state index contributed by atoms with van der Waals surface area (Å²) in [6.45, 7) is 10.4. The van der Waals surface area contributed by atoms with E-state index < -0.39 is 0 Å². The third-order valence-corrected chi connectivity index (χ3v) is 4.91. The minimum Gasteiger partial charge on any atom is -0.341 e. The van der Waals surface area contributed by atoms with Crippen molar-refractivity contribution < 1.29 is 4.79 Å². The van der Waals surface area contributed by atoms with E-state index in [0.717, 1.165) is 48.4 Å². The molecule has 0 saturated heterocycles. The van der Waals surface area contributed by atoms with Gasteiger partial charge in [0.15, 0.2) is 0 Å². The number of hydrogen-bond acceptors (Lipinski definition) is 2. The average Bonchev–Trinajstić information content (AvgIpc) is 3.00. The number of imidazole rings is 1. The molecule has 1 heterocycles. The Morgan fingerprint density at radius 2 is 1.74 bits per heavy atom. The van der Waals surface area contributed by atoms with Crippen molar-refractivity contribution >= 4 is 16.9 Å². The fourth-order valence-electron chi connectivity index (χ4n) is 3.64. The summed E-state index contributed by atoms with van der Waals surface area (Å²) in [5.41, 5.74) is 5.43. The Kier molecular flexibility index (Phi) is 5.94. The maximum absolute atomic E-state index is 13.0. The van der Waals surface area contributed by atoms with Gasteiger partial charge in [-0.15, -0.1) is 0 Å². The lowest BCUT2D eigenvalue weighted by molar-refractivity contribution is -0.131. The molecule has 27 heavy (non-hydrogen) atoms. The van der Waals surface area contributed by atoms with Crippen molar-refractivity contribution in [1.82, 2.24) is 14.5 Å². The Bertz CT molecular complexity index is 936. The molecule has 0 spiro atoms. The van der Waals surface area contributed by atoms with Crippen molar-refractivity contribution in [2.24, 2.45) is 0 Å². The molecule has 1 amide bonds.